The monoisotopic (exact) mass is 209 g/mol. The SMILES string of the molecule is CCc1cc(OC)c(CCN)cc1OC. The van der Waals surface area contributed by atoms with Gasteiger partial charge < -0.3 is 15.2 Å². The van der Waals surface area contributed by atoms with E-state index >= 15 is 0 Å². The Morgan fingerprint density at radius 2 is 1.60 bits per heavy atom. The number of nitrogens with two attached hydrogens (primary N) is 1. The maximum Gasteiger partial charge on any atom is 0.122 e. The Kier molecular flexibility index (Phi) is 4.43. The van der Waals surface area contributed by atoms with Crippen LogP contribution in [-0.2, 0) is 12.8 Å². The molecule has 1 rings (SSSR count). The van der Waals surface area contributed by atoms with Crippen LogP contribution in [-0.4, -0.2) is 20.8 Å². The van der Waals surface area contributed by atoms with Gasteiger partial charge in [-0.2, -0.15) is 0 Å². The quantitative estimate of drug-likeness (QED) is 0.803. The molecule has 0 bridgehead atoms. The molecule has 0 aliphatic rings. The summed E-state index contributed by atoms with van der Waals surface area (Å²) in [7, 11) is 3.37. The van der Waals surface area contributed by atoms with Crippen LogP contribution in [0.2, 0.25) is 0 Å². The predicted octanol–water partition coefficient (Wildman–Crippen LogP) is 1.77. The third-order valence-electron chi connectivity index (χ3n) is 2.48. The molecule has 0 radical (unpaired) electrons. The summed E-state index contributed by atoms with van der Waals surface area (Å²) < 4.78 is 10.7. The summed E-state index contributed by atoms with van der Waals surface area (Å²) in [5.74, 6) is 1.82. The fraction of sp³-hybridized carbons (Fsp3) is 0.500. The van der Waals surface area contributed by atoms with Crippen LogP contribution < -0.4 is 15.2 Å². The molecule has 0 unspecified atom stereocenters. The number of benzene rings is 1. The molecule has 0 aliphatic carbocycles. The molecule has 0 fully saturated rings. The lowest BCUT2D eigenvalue weighted by Gasteiger charge is -2.13. The molecule has 1 aromatic carbocycles. The standard InChI is InChI=1S/C12H19NO2/c1-4-9-7-12(15-3)10(5-6-13)8-11(9)14-2/h7-8H,4-6,13H2,1-3H3. The van der Waals surface area contributed by atoms with Gasteiger partial charge >= 0.3 is 0 Å². The van der Waals surface area contributed by atoms with Crippen molar-refractivity contribution in [3.05, 3.63) is 23.3 Å². The summed E-state index contributed by atoms with van der Waals surface area (Å²) in [6, 6.07) is 4.05. The van der Waals surface area contributed by atoms with Crippen LogP contribution >= 0.6 is 0 Å². The summed E-state index contributed by atoms with van der Waals surface area (Å²) in [5.41, 5.74) is 7.82. The van der Waals surface area contributed by atoms with Gasteiger partial charge in [0.15, 0.2) is 0 Å². The van der Waals surface area contributed by atoms with Crippen molar-refractivity contribution in [1.82, 2.24) is 0 Å². The first-order chi connectivity index (χ1) is 7.26. The lowest BCUT2D eigenvalue weighted by atomic mass is 10.0. The normalized spacial score (nSPS) is 10.1. The van der Waals surface area contributed by atoms with Gasteiger partial charge in [0.1, 0.15) is 11.5 Å². The number of hydrogen-bond acceptors (Lipinski definition) is 3. The fourth-order valence-corrected chi connectivity index (χ4v) is 1.65. The van der Waals surface area contributed by atoms with Gasteiger partial charge in [-0.15, -0.1) is 0 Å². The topological polar surface area (TPSA) is 44.5 Å². The molecule has 3 heteroatoms. The molecule has 0 heterocycles. The molecule has 0 saturated heterocycles. The van der Waals surface area contributed by atoms with Crippen LogP contribution in [0.5, 0.6) is 11.5 Å². The summed E-state index contributed by atoms with van der Waals surface area (Å²) in [5, 5.41) is 0. The fourth-order valence-electron chi connectivity index (χ4n) is 1.65. The maximum absolute atomic E-state index is 5.55. The van der Waals surface area contributed by atoms with E-state index in [1.807, 2.05) is 12.1 Å². The number of rotatable bonds is 5. The van der Waals surface area contributed by atoms with Crippen LogP contribution in [0.25, 0.3) is 0 Å². The summed E-state index contributed by atoms with van der Waals surface area (Å²) in [6.45, 7) is 2.71. The van der Waals surface area contributed by atoms with Gasteiger partial charge in [-0.05, 0) is 42.6 Å². The van der Waals surface area contributed by atoms with Gasteiger partial charge in [0.05, 0.1) is 14.2 Å². The highest BCUT2D eigenvalue weighted by Gasteiger charge is 2.09. The van der Waals surface area contributed by atoms with Crippen molar-refractivity contribution in [2.24, 2.45) is 5.73 Å². The number of methoxy groups -OCH3 is 2. The lowest BCUT2D eigenvalue weighted by Crippen LogP contribution is -2.05. The second kappa shape index (κ2) is 5.61. The van der Waals surface area contributed by atoms with Crippen molar-refractivity contribution in [3.8, 4) is 11.5 Å². The Bertz CT molecular complexity index is 324. The highest BCUT2D eigenvalue weighted by molar-refractivity contribution is 5.46. The average Bonchev–Trinajstić information content (AvgIpc) is 2.28. The number of aryl methyl sites for hydroxylation is 1. The molecule has 0 spiro atoms. The van der Waals surface area contributed by atoms with E-state index in [9.17, 15) is 0 Å². The zero-order chi connectivity index (χ0) is 11.3. The third-order valence-corrected chi connectivity index (χ3v) is 2.48. The van der Waals surface area contributed by atoms with Crippen molar-refractivity contribution >= 4 is 0 Å². The van der Waals surface area contributed by atoms with E-state index in [0.717, 1.165) is 35.5 Å². The van der Waals surface area contributed by atoms with Crippen molar-refractivity contribution in [2.45, 2.75) is 19.8 Å². The summed E-state index contributed by atoms with van der Waals surface area (Å²) in [4.78, 5) is 0. The first kappa shape index (κ1) is 11.9. The molecule has 0 aliphatic heterocycles. The molecule has 1 aromatic rings. The molecule has 2 N–H and O–H groups in total. The number of hydrogen-bond donors (Lipinski definition) is 1. The third kappa shape index (κ3) is 2.63. The van der Waals surface area contributed by atoms with Gasteiger partial charge in [0.25, 0.3) is 0 Å². The Hall–Kier alpha value is -1.22. The van der Waals surface area contributed by atoms with Gasteiger partial charge in [-0.3, -0.25) is 0 Å². The highest BCUT2D eigenvalue weighted by atomic mass is 16.5. The zero-order valence-corrected chi connectivity index (χ0v) is 9.67. The van der Waals surface area contributed by atoms with Crippen molar-refractivity contribution < 1.29 is 9.47 Å². The minimum absolute atomic E-state index is 0.616. The Morgan fingerprint density at radius 3 is 2.07 bits per heavy atom. The smallest absolute Gasteiger partial charge is 0.122 e. The summed E-state index contributed by atoms with van der Waals surface area (Å²) >= 11 is 0. The first-order valence-electron chi connectivity index (χ1n) is 5.20. The van der Waals surface area contributed by atoms with Gasteiger partial charge in [0.2, 0.25) is 0 Å². The first-order valence-corrected chi connectivity index (χ1v) is 5.20. The van der Waals surface area contributed by atoms with Crippen molar-refractivity contribution in [1.29, 1.82) is 0 Å². The predicted molar refractivity (Wildman–Crippen MR) is 61.7 cm³/mol. The van der Waals surface area contributed by atoms with Crippen LogP contribution in [0.1, 0.15) is 18.1 Å². The van der Waals surface area contributed by atoms with Crippen LogP contribution in [0, 0.1) is 0 Å². The van der Waals surface area contributed by atoms with Crippen LogP contribution in [0.4, 0.5) is 0 Å². The molecule has 15 heavy (non-hydrogen) atoms. The van der Waals surface area contributed by atoms with Crippen molar-refractivity contribution in [2.75, 3.05) is 20.8 Å². The molecule has 0 amide bonds. The van der Waals surface area contributed by atoms with Crippen molar-refractivity contribution in [3.63, 3.8) is 0 Å². The second-order valence-electron chi connectivity index (χ2n) is 3.37. The molecule has 3 nitrogen and oxygen atoms in total. The minimum Gasteiger partial charge on any atom is -0.496 e. The van der Waals surface area contributed by atoms with Gasteiger partial charge in [0, 0.05) is 0 Å². The number of ether oxygens (including phenoxy) is 2. The molecular formula is C12H19NO2. The molecule has 0 atom stereocenters. The van der Waals surface area contributed by atoms with Crippen LogP contribution in [0.3, 0.4) is 0 Å². The largest absolute Gasteiger partial charge is 0.496 e. The Balaban J connectivity index is 3.15. The zero-order valence-electron chi connectivity index (χ0n) is 9.67. The molecular weight excluding hydrogens is 190 g/mol. The molecule has 84 valence electrons. The van der Waals surface area contributed by atoms with E-state index in [2.05, 4.69) is 6.92 Å². The molecule has 0 aromatic heterocycles. The molecule has 0 saturated carbocycles. The average molecular weight is 209 g/mol. The highest BCUT2D eigenvalue weighted by Crippen LogP contribution is 2.29. The van der Waals surface area contributed by atoms with E-state index in [-0.39, 0.29) is 0 Å². The van der Waals surface area contributed by atoms with Crippen LogP contribution in [0.15, 0.2) is 12.1 Å². The summed E-state index contributed by atoms with van der Waals surface area (Å²) in [6.07, 6.45) is 1.74. The van der Waals surface area contributed by atoms with E-state index in [4.69, 9.17) is 15.2 Å². The minimum atomic E-state index is 0.616. The van der Waals surface area contributed by atoms with E-state index < -0.39 is 0 Å². The van der Waals surface area contributed by atoms with E-state index in [1.54, 1.807) is 14.2 Å². The van der Waals surface area contributed by atoms with Gasteiger partial charge in [-0.1, -0.05) is 6.92 Å². The second-order valence-corrected chi connectivity index (χ2v) is 3.37. The van der Waals surface area contributed by atoms with E-state index in [1.165, 1.54) is 0 Å². The van der Waals surface area contributed by atoms with Gasteiger partial charge in [-0.25, -0.2) is 0 Å². The Morgan fingerprint density at radius 1 is 1.07 bits per heavy atom. The Labute approximate surface area is 91.2 Å². The maximum atomic E-state index is 5.55. The lowest BCUT2D eigenvalue weighted by molar-refractivity contribution is 0.395. The van der Waals surface area contributed by atoms with E-state index in [0.29, 0.717) is 6.54 Å².